The van der Waals surface area contributed by atoms with E-state index in [4.69, 9.17) is 10.2 Å². The summed E-state index contributed by atoms with van der Waals surface area (Å²) in [6, 6.07) is 16.0. The van der Waals surface area contributed by atoms with E-state index in [2.05, 4.69) is 49.0 Å². The summed E-state index contributed by atoms with van der Waals surface area (Å²) in [5.74, 6) is 2.53. The highest BCUT2D eigenvalue weighted by Crippen LogP contribution is 2.20. The number of rotatable bonds is 5. The van der Waals surface area contributed by atoms with Crippen molar-refractivity contribution in [2.24, 2.45) is 0 Å². The van der Waals surface area contributed by atoms with E-state index in [0.29, 0.717) is 30.7 Å². The van der Waals surface area contributed by atoms with E-state index in [9.17, 15) is 0 Å². The molecule has 0 unspecified atom stereocenters. The van der Waals surface area contributed by atoms with Crippen LogP contribution in [0.5, 0.6) is 0 Å². The van der Waals surface area contributed by atoms with Crippen LogP contribution in [0.2, 0.25) is 0 Å². The third-order valence-corrected chi connectivity index (χ3v) is 5.60. The van der Waals surface area contributed by atoms with E-state index in [-0.39, 0.29) is 0 Å². The molecule has 0 bridgehead atoms. The van der Waals surface area contributed by atoms with Gasteiger partial charge in [-0.1, -0.05) is 29.8 Å². The first-order valence-corrected chi connectivity index (χ1v) is 10.5. The van der Waals surface area contributed by atoms with Gasteiger partial charge >= 0.3 is 0 Å². The summed E-state index contributed by atoms with van der Waals surface area (Å²) in [7, 11) is 0. The molecule has 1 fully saturated rings. The molecule has 4 aromatic rings. The quantitative estimate of drug-likeness (QED) is 0.531. The van der Waals surface area contributed by atoms with Crippen molar-refractivity contribution in [2.75, 3.05) is 31.9 Å². The van der Waals surface area contributed by atoms with Gasteiger partial charge in [-0.15, -0.1) is 10.2 Å². The minimum absolute atomic E-state index is 0.542. The van der Waals surface area contributed by atoms with Crippen molar-refractivity contribution < 1.29 is 4.42 Å². The Labute approximate surface area is 180 Å². The summed E-state index contributed by atoms with van der Waals surface area (Å²) >= 11 is 0. The van der Waals surface area contributed by atoms with Crippen molar-refractivity contribution in [3.63, 3.8) is 0 Å². The fraction of sp³-hybridized carbons (Fsp3) is 0.304. The molecule has 0 radical (unpaired) electrons. The third-order valence-electron chi connectivity index (χ3n) is 5.60. The van der Waals surface area contributed by atoms with Crippen molar-refractivity contribution in [3.8, 4) is 11.5 Å². The van der Waals surface area contributed by atoms with E-state index in [1.165, 1.54) is 5.56 Å². The second-order valence-corrected chi connectivity index (χ2v) is 7.96. The predicted octanol–water partition coefficient (Wildman–Crippen LogP) is 2.89. The lowest BCUT2D eigenvalue weighted by Gasteiger charge is -2.33. The highest BCUT2D eigenvalue weighted by Gasteiger charge is 2.20. The number of hydrogen-bond acceptors (Lipinski definition) is 8. The van der Waals surface area contributed by atoms with E-state index < -0.39 is 0 Å². The molecule has 0 saturated carbocycles. The van der Waals surface area contributed by atoms with Gasteiger partial charge in [-0.05, 0) is 31.2 Å². The summed E-state index contributed by atoms with van der Waals surface area (Å²) in [5.41, 5.74) is 9.14. The zero-order valence-electron chi connectivity index (χ0n) is 17.5. The maximum absolute atomic E-state index is 6.12. The van der Waals surface area contributed by atoms with Gasteiger partial charge in [-0.3, -0.25) is 9.80 Å². The zero-order chi connectivity index (χ0) is 21.2. The van der Waals surface area contributed by atoms with Crippen LogP contribution in [-0.2, 0) is 13.1 Å². The van der Waals surface area contributed by atoms with Gasteiger partial charge in [0.25, 0.3) is 0 Å². The Kier molecular flexibility index (Phi) is 5.31. The van der Waals surface area contributed by atoms with E-state index >= 15 is 0 Å². The fourth-order valence-corrected chi connectivity index (χ4v) is 3.93. The first-order valence-electron chi connectivity index (χ1n) is 10.5. The number of fused-ring (bicyclic) bond motifs is 1. The van der Waals surface area contributed by atoms with Crippen LogP contribution < -0.4 is 5.73 Å². The number of para-hydroxylation sites is 1. The number of aryl methyl sites for hydroxylation is 1. The van der Waals surface area contributed by atoms with E-state index in [1.807, 2.05) is 36.4 Å². The van der Waals surface area contributed by atoms with Crippen LogP contribution >= 0.6 is 0 Å². The second kappa shape index (κ2) is 8.41. The largest absolute Gasteiger partial charge is 0.419 e. The highest BCUT2D eigenvalue weighted by atomic mass is 16.4. The predicted molar refractivity (Wildman–Crippen MR) is 119 cm³/mol. The molecule has 0 amide bonds. The molecule has 8 nitrogen and oxygen atoms in total. The molecule has 1 aliphatic heterocycles. The zero-order valence-corrected chi connectivity index (χ0v) is 17.5. The van der Waals surface area contributed by atoms with Crippen molar-refractivity contribution in [1.29, 1.82) is 0 Å². The number of aromatic nitrogens is 4. The van der Waals surface area contributed by atoms with Crippen LogP contribution in [-0.4, -0.2) is 56.1 Å². The van der Waals surface area contributed by atoms with E-state index in [0.717, 1.165) is 48.5 Å². The number of nitrogen functional groups attached to an aromatic ring is 1. The molecular formula is C23H25N7O. The SMILES string of the molecule is Cc1cccc(-c2nnc(CN3CCN(Cc4nc(N)c5ccccc5n4)CC3)o2)c1. The Morgan fingerprint density at radius 2 is 1.68 bits per heavy atom. The van der Waals surface area contributed by atoms with Crippen molar-refractivity contribution >= 4 is 16.7 Å². The fourth-order valence-electron chi connectivity index (χ4n) is 3.93. The highest BCUT2D eigenvalue weighted by molar-refractivity contribution is 5.87. The minimum atomic E-state index is 0.542. The molecule has 2 aromatic carbocycles. The lowest BCUT2D eigenvalue weighted by atomic mass is 10.1. The van der Waals surface area contributed by atoms with Crippen LogP contribution in [0.25, 0.3) is 22.4 Å². The van der Waals surface area contributed by atoms with Crippen LogP contribution in [0.3, 0.4) is 0 Å². The Bertz CT molecular complexity index is 1200. The first-order chi connectivity index (χ1) is 15.1. The second-order valence-electron chi connectivity index (χ2n) is 7.96. The van der Waals surface area contributed by atoms with Gasteiger partial charge in [0.2, 0.25) is 11.8 Å². The average molecular weight is 416 g/mol. The number of nitrogens with two attached hydrogens (primary N) is 1. The molecule has 1 aliphatic rings. The van der Waals surface area contributed by atoms with Gasteiger partial charge in [0.1, 0.15) is 11.6 Å². The minimum Gasteiger partial charge on any atom is -0.419 e. The Morgan fingerprint density at radius 3 is 2.48 bits per heavy atom. The van der Waals surface area contributed by atoms with Gasteiger partial charge in [0.15, 0.2) is 0 Å². The smallest absolute Gasteiger partial charge is 0.247 e. The lowest BCUT2D eigenvalue weighted by molar-refractivity contribution is 0.113. The molecule has 8 heteroatoms. The molecule has 0 atom stereocenters. The van der Waals surface area contributed by atoms with Gasteiger partial charge in [-0.2, -0.15) is 0 Å². The maximum Gasteiger partial charge on any atom is 0.247 e. The van der Waals surface area contributed by atoms with Crippen molar-refractivity contribution in [3.05, 3.63) is 65.8 Å². The van der Waals surface area contributed by atoms with Crippen molar-refractivity contribution in [1.82, 2.24) is 30.0 Å². The normalized spacial score (nSPS) is 15.5. The number of benzene rings is 2. The Morgan fingerprint density at radius 1 is 0.903 bits per heavy atom. The van der Waals surface area contributed by atoms with E-state index in [1.54, 1.807) is 0 Å². The number of anilines is 1. The third kappa shape index (κ3) is 4.40. The molecular weight excluding hydrogens is 390 g/mol. The topological polar surface area (TPSA) is 97.2 Å². The number of nitrogens with zero attached hydrogens (tertiary/aromatic N) is 6. The van der Waals surface area contributed by atoms with Gasteiger partial charge in [0.05, 0.1) is 18.6 Å². The molecule has 1 saturated heterocycles. The van der Waals surface area contributed by atoms with Gasteiger partial charge < -0.3 is 10.2 Å². The molecule has 2 aromatic heterocycles. The lowest BCUT2D eigenvalue weighted by Crippen LogP contribution is -2.45. The molecule has 3 heterocycles. The summed E-state index contributed by atoms with van der Waals surface area (Å²) in [5, 5.41) is 9.35. The first kappa shape index (κ1) is 19.6. The standard InChI is InChI=1S/C23H25N7O/c1-16-5-4-6-17(13-16)23-28-27-21(31-23)15-30-11-9-29(10-12-30)14-20-25-19-8-3-2-7-18(19)22(24)26-20/h2-8,13H,9-12,14-15H2,1H3,(H2,24,25,26). The maximum atomic E-state index is 6.12. The molecule has 2 N–H and O–H groups in total. The average Bonchev–Trinajstić information content (AvgIpc) is 3.24. The number of hydrogen-bond donors (Lipinski definition) is 1. The molecule has 31 heavy (non-hydrogen) atoms. The Hall–Kier alpha value is -3.36. The summed E-state index contributed by atoms with van der Waals surface area (Å²) in [4.78, 5) is 13.9. The summed E-state index contributed by atoms with van der Waals surface area (Å²) < 4.78 is 5.89. The molecule has 0 spiro atoms. The summed E-state index contributed by atoms with van der Waals surface area (Å²) in [6.45, 7) is 7.10. The van der Waals surface area contributed by atoms with Gasteiger partial charge in [-0.25, -0.2) is 9.97 Å². The van der Waals surface area contributed by atoms with Crippen LogP contribution in [0.1, 0.15) is 17.3 Å². The number of piperazine rings is 1. The molecule has 5 rings (SSSR count). The van der Waals surface area contributed by atoms with Crippen molar-refractivity contribution in [2.45, 2.75) is 20.0 Å². The van der Waals surface area contributed by atoms with Crippen LogP contribution in [0, 0.1) is 6.92 Å². The molecule has 0 aliphatic carbocycles. The van der Waals surface area contributed by atoms with Gasteiger partial charge in [0, 0.05) is 37.1 Å². The molecule has 158 valence electrons. The van der Waals surface area contributed by atoms with Crippen LogP contribution in [0.15, 0.2) is 52.9 Å². The monoisotopic (exact) mass is 415 g/mol. The Balaban J connectivity index is 1.18. The van der Waals surface area contributed by atoms with Crippen LogP contribution in [0.4, 0.5) is 5.82 Å². The summed E-state index contributed by atoms with van der Waals surface area (Å²) in [6.07, 6.45) is 0.